The molecule has 8 nitrogen and oxygen atoms in total. The molecule has 0 spiro atoms. The summed E-state index contributed by atoms with van der Waals surface area (Å²) < 4.78 is 19.7. The summed E-state index contributed by atoms with van der Waals surface area (Å²) in [5.74, 6) is -0.209. The number of nitrogens with zero attached hydrogens (tertiary/aromatic N) is 5. The van der Waals surface area contributed by atoms with Crippen molar-refractivity contribution in [2.24, 2.45) is 0 Å². The molecule has 0 aliphatic carbocycles. The lowest BCUT2D eigenvalue weighted by Crippen LogP contribution is -2.52. The highest BCUT2D eigenvalue weighted by Crippen LogP contribution is 2.26. The standard InChI is InChI=1S/C28H25ClFN5O3/c29-23-9-3-1-7-21(23)25-11-12-26(32-31-25)33-13-15-34(16-14-33)27(36)19-35(18-20-6-5-17-38-20)28(37)22-8-2-4-10-24(22)30/h1-12,17H,13-16,18-19H2. The molecule has 3 heterocycles. The van der Waals surface area contributed by atoms with Gasteiger partial charge in [0.15, 0.2) is 5.82 Å². The van der Waals surface area contributed by atoms with Crippen molar-refractivity contribution in [2.45, 2.75) is 6.54 Å². The van der Waals surface area contributed by atoms with Crippen LogP contribution in [0.15, 0.2) is 83.5 Å². The Morgan fingerprint density at radius 1 is 0.921 bits per heavy atom. The van der Waals surface area contributed by atoms with Crippen molar-refractivity contribution in [2.75, 3.05) is 37.6 Å². The maximum absolute atomic E-state index is 14.3. The van der Waals surface area contributed by atoms with Crippen molar-refractivity contribution in [3.63, 3.8) is 0 Å². The molecule has 0 saturated carbocycles. The molecule has 1 aliphatic heterocycles. The van der Waals surface area contributed by atoms with Gasteiger partial charge in [-0.2, -0.15) is 0 Å². The molecule has 2 aromatic carbocycles. The molecule has 0 bridgehead atoms. The first-order chi connectivity index (χ1) is 18.5. The quantitative estimate of drug-likeness (QED) is 0.347. The molecule has 0 radical (unpaired) electrons. The number of halogens is 2. The van der Waals surface area contributed by atoms with Crippen LogP contribution in [-0.2, 0) is 11.3 Å². The van der Waals surface area contributed by atoms with E-state index in [1.54, 1.807) is 23.1 Å². The Morgan fingerprint density at radius 3 is 2.37 bits per heavy atom. The van der Waals surface area contributed by atoms with Gasteiger partial charge in [-0.3, -0.25) is 9.59 Å². The maximum atomic E-state index is 14.3. The zero-order chi connectivity index (χ0) is 26.5. The van der Waals surface area contributed by atoms with E-state index in [4.69, 9.17) is 16.0 Å². The van der Waals surface area contributed by atoms with E-state index < -0.39 is 11.7 Å². The molecule has 1 aliphatic rings. The van der Waals surface area contributed by atoms with Crippen LogP contribution in [0.5, 0.6) is 0 Å². The van der Waals surface area contributed by atoms with E-state index in [9.17, 15) is 14.0 Å². The summed E-state index contributed by atoms with van der Waals surface area (Å²) in [4.78, 5) is 31.4. The lowest BCUT2D eigenvalue weighted by atomic mass is 10.1. The second kappa shape index (κ2) is 11.4. The van der Waals surface area contributed by atoms with Crippen LogP contribution in [0.3, 0.4) is 0 Å². The van der Waals surface area contributed by atoms with Gasteiger partial charge >= 0.3 is 0 Å². The maximum Gasteiger partial charge on any atom is 0.257 e. The predicted octanol–water partition coefficient (Wildman–Crippen LogP) is 4.52. The SMILES string of the molecule is O=C(CN(Cc1ccco1)C(=O)c1ccccc1F)N1CCN(c2ccc(-c3ccccc3Cl)nn2)CC1. The third kappa shape index (κ3) is 5.68. The van der Waals surface area contributed by atoms with Gasteiger partial charge in [0.2, 0.25) is 5.91 Å². The Kier molecular flexibility index (Phi) is 7.65. The highest BCUT2D eigenvalue weighted by atomic mass is 35.5. The molecule has 4 aromatic rings. The molecule has 38 heavy (non-hydrogen) atoms. The van der Waals surface area contributed by atoms with Crippen LogP contribution < -0.4 is 4.90 Å². The van der Waals surface area contributed by atoms with Gasteiger partial charge in [-0.25, -0.2) is 4.39 Å². The van der Waals surface area contributed by atoms with Gasteiger partial charge in [-0.05, 0) is 42.5 Å². The Hall–Kier alpha value is -4.24. The van der Waals surface area contributed by atoms with Gasteiger partial charge in [0.1, 0.15) is 18.1 Å². The number of anilines is 1. The summed E-state index contributed by atoms with van der Waals surface area (Å²) >= 11 is 6.27. The van der Waals surface area contributed by atoms with E-state index in [1.165, 1.54) is 29.4 Å². The Morgan fingerprint density at radius 2 is 1.68 bits per heavy atom. The second-order valence-corrected chi connectivity index (χ2v) is 9.25. The lowest BCUT2D eigenvalue weighted by Gasteiger charge is -2.36. The van der Waals surface area contributed by atoms with E-state index in [1.807, 2.05) is 36.4 Å². The summed E-state index contributed by atoms with van der Waals surface area (Å²) in [6, 6.07) is 20.4. The Balaban J connectivity index is 1.22. The van der Waals surface area contributed by atoms with Gasteiger partial charge < -0.3 is 19.1 Å². The zero-order valence-electron chi connectivity index (χ0n) is 20.5. The van der Waals surface area contributed by atoms with Crippen LogP contribution in [0.1, 0.15) is 16.1 Å². The first-order valence-corrected chi connectivity index (χ1v) is 12.5. The number of benzene rings is 2. The molecule has 1 saturated heterocycles. The largest absolute Gasteiger partial charge is 0.467 e. The van der Waals surface area contributed by atoms with E-state index in [-0.39, 0.29) is 24.6 Å². The van der Waals surface area contributed by atoms with E-state index in [0.29, 0.717) is 48.5 Å². The number of hydrogen-bond donors (Lipinski definition) is 0. The molecule has 5 rings (SSSR count). The molecule has 1 fully saturated rings. The summed E-state index contributed by atoms with van der Waals surface area (Å²) in [5, 5.41) is 9.30. The van der Waals surface area contributed by atoms with Crippen LogP contribution in [0.25, 0.3) is 11.3 Å². The number of hydrogen-bond acceptors (Lipinski definition) is 6. The van der Waals surface area contributed by atoms with Gasteiger partial charge in [0.25, 0.3) is 5.91 Å². The van der Waals surface area contributed by atoms with Crippen LogP contribution in [0.2, 0.25) is 5.02 Å². The lowest BCUT2D eigenvalue weighted by molar-refractivity contribution is -0.132. The minimum Gasteiger partial charge on any atom is -0.467 e. The number of carbonyl (C=O) groups excluding carboxylic acids is 2. The molecule has 2 amide bonds. The Labute approximate surface area is 224 Å². The second-order valence-electron chi connectivity index (χ2n) is 8.84. The molecular formula is C28H25ClFN5O3. The molecule has 2 aromatic heterocycles. The van der Waals surface area contributed by atoms with Crippen molar-refractivity contribution >= 4 is 29.2 Å². The average Bonchev–Trinajstić information content (AvgIpc) is 3.46. The zero-order valence-corrected chi connectivity index (χ0v) is 21.2. The number of aromatic nitrogens is 2. The summed E-state index contributed by atoms with van der Waals surface area (Å²) in [6.45, 7) is 1.89. The predicted molar refractivity (Wildman–Crippen MR) is 141 cm³/mol. The number of furan rings is 1. The monoisotopic (exact) mass is 533 g/mol. The molecule has 0 atom stereocenters. The summed E-state index contributed by atoms with van der Waals surface area (Å²) in [6.07, 6.45) is 1.49. The van der Waals surface area contributed by atoms with Gasteiger partial charge in [-0.15, -0.1) is 10.2 Å². The van der Waals surface area contributed by atoms with Crippen LogP contribution >= 0.6 is 11.6 Å². The highest BCUT2D eigenvalue weighted by Gasteiger charge is 2.27. The van der Waals surface area contributed by atoms with Crippen molar-refractivity contribution in [3.8, 4) is 11.3 Å². The van der Waals surface area contributed by atoms with Crippen LogP contribution in [0.4, 0.5) is 10.2 Å². The molecule has 10 heteroatoms. The normalized spacial score (nSPS) is 13.4. The minimum atomic E-state index is -0.635. The van der Waals surface area contributed by atoms with Crippen molar-refractivity contribution in [3.05, 3.63) is 101 Å². The molecule has 194 valence electrons. The van der Waals surface area contributed by atoms with Crippen LogP contribution in [-0.4, -0.2) is 64.5 Å². The average molecular weight is 534 g/mol. The fraction of sp³-hybridized carbons (Fsp3) is 0.214. The van der Waals surface area contributed by atoms with Crippen LogP contribution in [0, 0.1) is 5.82 Å². The van der Waals surface area contributed by atoms with Gasteiger partial charge in [-0.1, -0.05) is 41.9 Å². The topological polar surface area (TPSA) is 82.8 Å². The number of piperazine rings is 1. The Bertz CT molecular complexity index is 1410. The number of amides is 2. The molecular weight excluding hydrogens is 509 g/mol. The minimum absolute atomic E-state index is 0.0548. The summed E-state index contributed by atoms with van der Waals surface area (Å²) in [7, 11) is 0. The number of carbonyl (C=O) groups is 2. The van der Waals surface area contributed by atoms with Crippen molar-refractivity contribution in [1.82, 2.24) is 20.0 Å². The fourth-order valence-electron chi connectivity index (χ4n) is 4.35. The third-order valence-electron chi connectivity index (χ3n) is 6.40. The first-order valence-electron chi connectivity index (χ1n) is 12.2. The van der Waals surface area contributed by atoms with E-state index in [0.717, 1.165) is 5.56 Å². The van der Waals surface area contributed by atoms with Crippen molar-refractivity contribution in [1.29, 1.82) is 0 Å². The van der Waals surface area contributed by atoms with E-state index >= 15 is 0 Å². The molecule has 0 unspecified atom stereocenters. The highest BCUT2D eigenvalue weighted by molar-refractivity contribution is 6.33. The smallest absolute Gasteiger partial charge is 0.257 e. The van der Waals surface area contributed by atoms with Gasteiger partial charge in [0.05, 0.1) is 29.1 Å². The van der Waals surface area contributed by atoms with E-state index in [2.05, 4.69) is 15.1 Å². The number of rotatable bonds is 7. The fourth-order valence-corrected chi connectivity index (χ4v) is 4.58. The third-order valence-corrected chi connectivity index (χ3v) is 6.73. The first kappa shape index (κ1) is 25.4. The van der Waals surface area contributed by atoms with Crippen molar-refractivity contribution < 1.29 is 18.4 Å². The summed E-state index contributed by atoms with van der Waals surface area (Å²) in [5.41, 5.74) is 1.41. The van der Waals surface area contributed by atoms with Gasteiger partial charge in [0, 0.05) is 31.7 Å². The molecule has 0 N–H and O–H groups in total.